The average molecular weight is 672 g/mol. The zero-order valence-electron chi connectivity index (χ0n) is 22.8. The molecule has 4 aromatic carbocycles. The molecule has 0 bridgehead atoms. The largest absolute Gasteiger partial charge is 0.321 e. The van der Waals surface area contributed by atoms with Crippen molar-refractivity contribution in [2.24, 2.45) is 0 Å². The number of nitrogens with zero attached hydrogens (tertiary/aromatic N) is 2. The van der Waals surface area contributed by atoms with Crippen molar-refractivity contribution in [3.8, 4) is 0 Å². The molecule has 1 unspecified atom stereocenters. The molecule has 0 spiro atoms. The summed E-state index contributed by atoms with van der Waals surface area (Å²) in [6.45, 7) is 0. The van der Waals surface area contributed by atoms with Crippen LogP contribution in [0.1, 0.15) is 22.3 Å². The Bertz CT molecular complexity index is 1780. The number of benzene rings is 4. The van der Waals surface area contributed by atoms with Gasteiger partial charge in [0.15, 0.2) is 0 Å². The second-order valence-corrected chi connectivity index (χ2v) is 11.8. The average Bonchev–Trinajstić information content (AvgIpc) is 3.30. The Hall–Kier alpha value is -5.07. The molecular weight excluding hydrogens is 648 g/mol. The first kappa shape index (κ1) is 30.4. The lowest BCUT2D eigenvalue weighted by Gasteiger charge is -2.15. The van der Waals surface area contributed by atoms with Crippen LogP contribution in [0.15, 0.2) is 118 Å². The molecule has 0 aromatic heterocycles. The number of hydrogen-bond acceptors (Lipinski definition) is 7. The smallest absolute Gasteiger partial charge is 0.272 e. The van der Waals surface area contributed by atoms with Crippen LogP contribution in [-0.4, -0.2) is 33.8 Å². The summed E-state index contributed by atoms with van der Waals surface area (Å²) in [5, 5.41) is 15.7. The summed E-state index contributed by atoms with van der Waals surface area (Å²) in [5.41, 5.74) is 1.63. The highest BCUT2D eigenvalue weighted by molar-refractivity contribution is 9.10. The van der Waals surface area contributed by atoms with Crippen molar-refractivity contribution in [1.29, 1.82) is 0 Å². The molecule has 0 radical (unpaired) electrons. The van der Waals surface area contributed by atoms with E-state index in [9.17, 15) is 29.3 Å². The highest BCUT2D eigenvalue weighted by Crippen LogP contribution is 2.35. The SMILES string of the molecule is O=C(Nc1cccc(SC2CC(=O)N(c3ccc([N+](=O)[O-])cc3)C2=O)c1)/C(=C/c1ccc(Br)cc1)NC(=O)c1ccccc1. The van der Waals surface area contributed by atoms with Gasteiger partial charge in [-0.1, -0.05) is 52.3 Å². The molecule has 1 aliphatic rings. The molecule has 44 heavy (non-hydrogen) atoms. The van der Waals surface area contributed by atoms with Crippen LogP contribution >= 0.6 is 27.7 Å². The fourth-order valence-corrected chi connectivity index (χ4v) is 5.75. The molecule has 0 aliphatic carbocycles. The summed E-state index contributed by atoms with van der Waals surface area (Å²) in [6, 6.07) is 27.8. The van der Waals surface area contributed by atoms with Crippen molar-refractivity contribution < 1.29 is 24.1 Å². The normalized spacial score (nSPS) is 14.8. The second kappa shape index (κ2) is 13.5. The van der Waals surface area contributed by atoms with E-state index in [1.807, 2.05) is 12.1 Å². The van der Waals surface area contributed by atoms with Crippen LogP contribution in [0.2, 0.25) is 0 Å². The zero-order chi connectivity index (χ0) is 31.2. The minimum Gasteiger partial charge on any atom is -0.321 e. The van der Waals surface area contributed by atoms with E-state index < -0.39 is 33.8 Å². The Balaban J connectivity index is 1.31. The van der Waals surface area contributed by atoms with Gasteiger partial charge in [0.05, 0.1) is 15.9 Å². The molecule has 1 saturated heterocycles. The maximum Gasteiger partial charge on any atom is 0.272 e. The molecule has 0 saturated carbocycles. The van der Waals surface area contributed by atoms with E-state index in [0.29, 0.717) is 21.7 Å². The molecule has 220 valence electrons. The first-order valence-electron chi connectivity index (χ1n) is 13.2. The van der Waals surface area contributed by atoms with Gasteiger partial charge in [-0.3, -0.25) is 29.3 Å². The molecule has 10 nitrogen and oxygen atoms in total. The van der Waals surface area contributed by atoms with Crippen LogP contribution in [0.5, 0.6) is 0 Å². The molecule has 12 heteroatoms. The van der Waals surface area contributed by atoms with Crippen LogP contribution in [-0.2, 0) is 14.4 Å². The standard InChI is InChI=1S/C32H23BrN4O6S/c33-22-11-9-20(10-12-22)17-27(35-30(39)21-5-2-1-3-6-21)31(40)34-23-7-4-8-26(18-23)44-28-19-29(38)36(32(28)41)24-13-15-25(16-14-24)37(42)43/h1-18,28H,19H2,(H,34,40)(H,35,39)/b27-17-. The fraction of sp³-hybridized carbons (Fsp3) is 0.0625. The van der Waals surface area contributed by atoms with Gasteiger partial charge in [-0.25, -0.2) is 4.90 Å². The van der Waals surface area contributed by atoms with E-state index >= 15 is 0 Å². The molecule has 1 fully saturated rings. The van der Waals surface area contributed by atoms with Crippen molar-refractivity contribution >= 4 is 74.5 Å². The monoisotopic (exact) mass is 670 g/mol. The van der Waals surface area contributed by atoms with Crippen molar-refractivity contribution in [1.82, 2.24) is 5.32 Å². The molecule has 1 heterocycles. The van der Waals surface area contributed by atoms with Gasteiger partial charge in [0.1, 0.15) is 5.70 Å². The number of nitro benzene ring substituents is 1. The highest BCUT2D eigenvalue weighted by Gasteiger charge is 2.40. The predicted molar refractivity (Wildman–Crippen MR) is 171 cm³/mol. The quantitative estimate of drug-likeness (QED) is 0.0937. The first-order valence-corrected chi connectivity index (χ1v) is 14.9. The summed E-state index contributed by atoms with van der Waals surface area (Å²) in [4.78, 5) is 64.2. The van der Waals surface area contributed by atoms with Gasteiger partial charge in [0, 0.05) is 39.2 Å². The Morgan fingerprint density at radius 3 is 2.32 bits per heavy atom. The van der Waals surface area contributed by atoms with E-state index in [0.717, 1.165) is 9.37 Å². The Morgan fingerprint density at radius 1 is 0.932 bits per heavy atom. The number of hydrogen-bond donors (Lipinski definition) is 2. The van der Waals surface area contributed by atoms with Crippen molar-refractivity contribution in [2.45, 2.75) is 16.6 Å². The third kappa shape index (κ3) is 7.28. The van der Waals surface area contributed by atoms with Crippen LogP contribution in [0, 0.1) is 10.1 Å². The van der Waals surface area contributed by atoms with Gasteiger partial charge in [-0.2, -0.15) is 0 Å². The number of anilines is 2. The van der Waals surface area contributed by atoms with Gasteiger partial charge < -0.3 is 10.6 Å². The maximum absolute atomic E-state index is 13.4. The molecular formula is C32H23BrN4O6S. The van der Waals surface area contributed by atoms with Gasteiger partial charge in [-0.05, 0) is 66.2 Å². The van der Waals surface area contributed by atoms with Crippen LogP contribution in [0.4, 0.5) is 17.1 Å². The summed E-state index contributed by atoms with van der Waals surface area (Å²) in [5.74, 6) is -1.86. The number of imide groups is 1. The number of nitrogens with one attached hydrogen (secondary N) is 2. The predicted octanol–water partition coefficient (Wildman–Crippen LogP) is 6.19. The number of amides is 4. The van der Waals surface area contributed by atoms with Gasteiger partial charge in [0.2, 0.25) is 11.8 Å². The Morgan fingerprint density at radius 2 is 1.64 bits per heavy atom. The van der Waals surface area contributed by atoms with Crippen molar-refractivity contribution in [3.05, 3.63) is 135 Å². The van der Waals surface area contributed by atoms with E-state index in [-0.39, 0.29) is 23.5 Å². The number of nitro groups is 1. The van der Waals surface area contributed by atoms with E-state index in [1.165, 1.54) is 36.0 Å². The second-order valence-electron chi connectivity index (χ2n) is 9.56. The lowest BCUT2D eigenvalue weighted by molar-refractivity contribution is -0.384. The van der Waals surface area contributed by atoms with Gasteiger partial charge >= 0.3 is 0 Å². The number of halogens is 1. The number of rotatable bonds is 9. The highest BCUT2D eigenvalue weighted by atomic mass is 79.9. The number of carbonyl (C=O) groups excluding carboxylic acids is 4. The topological polar surface area (TPSA) is 139 Å². The summed E-state index contributed by atoms with van der Waals surface area (Å²) in [7, 11) is 0. The van der Waals surface area contributed by atoms with Crippen LogP contribution in [0.3, 0.4) is 0 Å². The minimum atomic E-state index is -0.721. The van der Waals surface area contributed by atoms with E-state index in [4.69, 9.17) is 0 Å². The third-order valence-corrected chi connectivity index (χ3v) is 8.21. The Labute approximate surface area is 264 Å². The Kier molecular flexibility index (Phi) is 9.32. The van der Waals surface area contributed by atoms with Crippen LogP contribution < -0.4 is 15.5 Å². The number of non-ortho nitro benzene ring substituents is 1. The molecule has 1 aliphatic heterocycles. The molecule has 4 amide bonds. The summed E-state index contributed by atoms with van der Waals surface area (Å²) in [6.07, 6.45) is 1.51. The minimum absolute atomic E-state index is 0.0227. The lowest BCUT2D eigenvalue weighted by atomic mass is 10.1. The number of thioether (sulfide) groups is 1. The summed E-state index contributed by atoms with van der Waals surface area (Å²) >= 11 is 4.56. The van der Waals surface area contributed by atoms with Gasteiger partial charge in [-0.15, -0.1) is 11.8 Å². The van der Waals surface area contributed by atoms with Gasteiger partial charge in [0.25, 0.3) is 17.5 Å². The summed E-state index contributed by atoms with van der Waals surface area (Å²) < 4.78 is 0.863. The van der Waals surface area contributed by atoms with E-state index in [2.05, 4.69) is 26.6 Å². The van der Waals surface area contributed by atoms with E-state index in [1.54, 1.807) is 72.8 Å². The molecule has 1 atom stereocenters. The van der Waals surface area contributed by atoms with Crippen molar-refractivity contribution in [3.63, 3.8) is 0 Å². The van der Waals surface area contributed by atoms with Crippen molar-refractivity contribution in [2.75, 3.05) is 10.2 Å². The zero-order valence-corrected chi connectivity index (χ0v) is 25.2. The molecule has 5 rings (SSSR count). The molecule has 2 N–H and O–H groups in total. The first-order chi connectivity index (χ1) is 21.2. The molecule has 4 aromatic rings. The maximum atomic E-state index is 13.4. The fourth-order valence-electron chi connectivity index (χ4n) is 4.37. The third-order valence-electron chi connectivity index (χ3n) is 6.50. The number of carbonyl (C=O) groups is 4. The lowest BCUT2D eigenvalue weighted by Crippen LogP contribution is -2.31. The van der Waals surface area contributed by atoms with Crippen LogP contribution in [0.25, 0.3) is 6.08 Å².